The van der Waals surface area contributed by atoms with E-state index in [9.17, 15) is 9.59 Å². The molecule has 2 N–H and O–H groups in total. The molecule has 0 saturated heterocycles. The monoisotopic (exact) mass is 364 g/mol. The van der Waals surface area contributed by atoms with Crippen molar-refractivity contribution in [1.82, 2.24) is 0 Å². The smallest absolute Gasteiger partial charge is 0.196 e. The van der Waals surface area contributed by atoms with Crippen LogP contribution in [0.4, 0.5) is 11.4 Å². The largest absolute Gasteiger partial charge is 0.388 e. The van der Waals surface area contributed by atoms with E-state index in [0.717, 1.165) is 18.7 Å². The van der Waals surface area contributed by atoms with Gasteiger partial charge in [0.1, 0.15) is 0 Å². The Balaban J connectivity index is 1.78. The van der Waals surface area contributed by atoms with Gasteiger partial charge in [-0.05, 0) is 18.6 Å². The van der Waals surface area contributed by atoms with Gasteiger partial charge in [0.2, 0.25) is 0 Å². The Hall–Kier alpha value is -2.62. The number of hydrogen-bond donors (Lipinski definition) is 2. The van der Waals surface area contributed by atoms with Gasteiger partial charge in [-0.3, -0.25) is 9.59 Å². The van der Waals surface area contributed by atoms with Crippen molar-refractivity contribution in [3.63, 3.8) is 0 Å². The third kappa shape index (κ3) is 3.90. The Morgan fingerprint density at radius 3 is 1.93 bits per heavy atom. The summed E-state index contributed by atoms with van der Waals surface area (Å²) in [6, 6.07) is 10.9. The first-order valence-corrected chi connectivity index (χ1v) is 9.96. The van der Waals surface area contributed by atoms with Crippen LogP contribution in [0.25, 0.3) is 0 Å². The molecule has 0 radical (unpaired) electrons. The molecule has 0 unspecified atom stereocenters. The maximum atomic E-state index is 13.1. The number of unbranched alkanes of at least 4 members (excludes halogenated alkanes) is 5. The van der Waals surface area contributed by atoms with Crippen molar-refractivity contribution < 1.29 is 9.59 Å². The second-order valence-corrected chi connectivity index (χ2v) is 7.06. The normalized spacial score (nSPS) is 12.5. The van der Waals surface area contributed by atoms with Crippen LogP contribution in [0.3, 0.4) is 0 Å². The number of benzene rings is 2. The number of rotatable bonds is 9. The highest BCUT2D eigenvalue weighted by atomic mass is 16.1. The van der Waals surface area contributed by atoms with E-state index in [1.807, 2.05) is 24.3 Å². The molecule has 27 heavy (non-hydrogen) atoms. The first kappa shape index (κ1) is 19.2. The predicted octanol–water partition coefficient (Wildman–Crippen LogP) is 5.28. The van der Waals surface area contributed by atoms with Gasteiger partial charge in [-0.1, -0.05) is 63.3 Å². The van der Waals surface area contributed by atoms with Crippen LogP contribution in [-0.2, 0) is 0 Å². The molecule has 2 aromatic rings. The minimum Gasteiger partial charge on any atom is -0.388 e. The van der Waals surface area contributed by atoms with E-state index in [1.54, 1.807) is 19.2 Å². The molecule has 3 rings (SSSR count). The molecule has 142 valence electrons. The first-order valence-electron chi connectivity index (χ1n) is 9.96. The Labute approximate surface area is 161 Å². The van der Waals surface area contributed by atoms with Crippen molar-refractivity contribution in [2.45, 2.75) is 45.4 Å². The van der Waals surface area contributed by atoms with Crippen LogP contribution in [0, 0.1) is 0 Å². The Kier molecular flexibility index (Phi) is 6.28. The van der Waals surface area contributed by atoms with Crippen molar-refractivity contribution in [1.29, 1.82) is 0 Å². The zero-order chi connectivity index (χ0) is 19.2. The van der Waals surface area contributed by atoms with Gasteiger partial charge < -0.3 is 10.6 Å². The van der Waals surface area contributed by atoms with E-state index in [0.29, 0.717) is 27.9 Å². The van der Waals surface area contributed by atoms with E-state index >= 15 is 0 Å². The quantitative estimate of drug-likeness (QED) is 0.507. The highest BCUT2D eigenvalue weighted by Crippen LogP contribution is 2.35. The molecular formula is C23H28N2O2. The minimum absolute atomic E-state index is 0.0808. The highest BCUT2D eigenvalue weighted by Gasteiger charge is 2.33. The van der Waals surface area contributed by atoms with Crippen LogP contribution in [0.1, 0.15) is 77.3 Å². The fourth-order valence-corrected chi connectivity index (χ4v) is 3.73. The summed E-state index contributed by atoms with van der Waals surface area (Å²) in [7, 11) is 1.77. The lowest BCUT2D eigenvalue weighted by atomic mass is 9.82. The van der Waals surface area contributed by atoms with E-state index in [1.165, 1.54) is 32.1 Å². The van der Waals surface area contributed by atoms with Crippen LogP contribution in [0.15, 0.2) is 36.4 Å². The molecule has 0 fully saturated rings. The second-order valence-electron chi connectivity index (χ2n) is 7.06. The van der Waals surface area contributed by atoms with Crippen molar-refractivity contribution in [2.75, 3.05) is 24.2 Å². The van der Waals surface area contributed by atoms with Crippen LogP contribution in [0.5, 0.6) is 0 Å². The first-order chi connectivity index (χ1) is 13.2. The minimum atomic E-state index is -0.0900. The lowest BCUT2D eigenvalue weighted by Crippen LogP contribution is -2.23. The van der Waals surface area contributed by atoms with E-state index in [4.69, 9.17) is 0 Å². The number of carbonyl (C=O) groups is 2. The molecule has 1 aliphatic carbocycles. The molecule has 0 spiro atoms. The molecule has 4 nitrogen and oxygen atoms in total. The van der Waals surface area contributed by atoms with Gasteiger partial charge >= 0.3 is 0 Å². The average molecular weight is 364 g/mol. The Morgan fingerprint density at radius 2 is 1.30 bits per heavy atom. The molecule has 0 amide bonds. The van der Waals surface area contributed by atoms with Crippen LogP contribution in [-0.4, -0.2) is 25.2 Å². The summed E-state index contributed by atoms with van der Waals surface area (Å²) in [4.78, 5) is 26.2. The van der Waals surface area contributed by atoms with E-state index in [-0.39, 0.29) is 11.6 Å². The lowest BCUT2D eigenvalue weighted by Gasteiger charge is -2.22. The summed E-state index contributed by atoms with van der Waals surface area (Å²) < 4.78 is 0. The van der Waals surface area contributed by atoms with Crippen molar-refractivity contribution in [3.8, 4) is 0 Å². The lowest BCUT2D eigenvalue weighted by molar-refractivity contribution is 0.0980. The summed E-state index contributed by atoms with van der Waals surface area (Å²) in [6.07, 6.45) is 7.33. The van der Waals surface area contributed by atoms with Gasteiger partial charge in [0.05, 0.1) is 11.1 Å². The summed E-state index contributed by atoms with van der Waals surface area (Å²) in [6.45, 7) is 3.03. The Morgan fingerprint density at radius 1 is 0.741 bits per heavy atom. The summed E-state index contributed by atoms with van der Waals surface area (Å²) in [5.74, 6) is -0.171. The zero-order valence-electron chi connectivity index (χ0n) is 16.2. The fourth-order valence-electron chi connectivity index (χ4n) is 3.73. The number of fused-ring (bicyclic) bond motifs is 2. The van der Waals surface area contributed by atoms with E-state index < -0.39 is 0 Å². The van der Waals surface area contributed by atoms with E-state index in [2.05, 4.69) is 17.6 Å². The molecule has 1 aliphatic rings. The number of hydrogen-bond acceptors (Lipinski definition) is 4. The molecule has 0 heterocycles. The van der Waals surface area contributed by atoms with Gasteiger partial charge in [-0.15, -0.1) is 0 Å². The summed E-state index contributed by atoms with van der Waals surface area (Å²) in [5, 5.41) is 6.41. The number of ketones is 2. The molecule has 2 aromatic carbocycles. The molecule has 0 aromatic heterocycles. The van der Waals surface area contributed by atoms with Gasteiger partial charge in [-0.2, -0.15) is 0 Å². The van der Waals surface area contributed by atoms with Crippen LogP contribution < -0.4 is 10.6 Å². The number of nitrogens with one attached hydrogen (secondary N) is 2. The summed E-state index contributed by atoms with van der Waals surface area (Å²) in [5.41, 5.74) is 3.41. The molecule has 4 heteroatoms. The fraction of sp³-hybridized carbons (Fsp3) is 0.391. The second kappa shape index (κ2) is 8.85. The Bertz CT molecular complexity index is 842. The average Bonchev–Trinajstić information content (AvgIpc) is 2.70. The van der Waals surface area contributed by atoms with Gasteiger partial charge in [0.25, 0.3) is 0 Å². The summed E-state index contributed by atoms with van der Waals surface area (Å²) >= 11 is 0. The maximum absolute atomic E-state index is 13.1. The van der Waals surface area contributed by atoms with Crippen LogP contribution >= 0.6 is 0 Å². The molecular weight excluding hydrogens is 336 g/mol. The third-order valence-corrected chi connectivity index (χ3v) is 5.19. The topological polar surface area (TPSA) is 58.2 Å². The molecule has 0 saturated carbocycles. The number of anilines is 2. The zero-order valence-corrected chi connectivity index (χ0v) is 16.2. The maximum Gasteiger partial charge on any atom is 0.196 e. The van der Waals surface area contributed by atoms with Gasteiger partial charge in [0.15, 0.2) is 11.6 Å². The predicted molar refractivity (Wildman–Crippen MR) is 111 cm³/mol. The molecule has 0 atom stereocenters. The highest BCUT2D eigenvalue weighted by molar-refractivity contribution is 6.31. The molecule has 0 bridgehead atoms. The SMILES string of the molecule is CCCCCCCCNc1cccc2c1C(=O)c1cccc(NC)c1C2=O. The number of carbonyl (C=O) groups excluding carboxylic acids is 2. The standard InChI is InChI=1S/C23H28N2O2/c1-3-4-5-6-7-8-15-25-19-14-10-12-17-21(19)23(27)16-11-9-13-18(24-2)20(16)22(17)26/h9-14,24-25H,3-8,15H2,1-2H3. The van der Waals surface area contributed by atoms with Gasteiger partial charge in [-0.25, -0.2) is 0 Å². The van der Waals surface area contributed by atoms with Crippen molar-refractivity contribution >= 4 is 22.9 Å². The van der Waals surface area contributed by atoms with Gasteiger partial charge in [0, 0.05) is 36.1 Å². The van der Waals surface area contributed by atoms with Crippen molar-refractivity contribution in [3.05, 3.63) is 58.7 Å². The van der Waals surface area contributed by atoms with Crippen LogP contribution in [0.2, 0.25) is 0 Å². The third-order valence-electron chi connectivity index (χ3n) is 5.19. The van der Waals surface area contributed by atoms with Crippen molar-refractivity contribution in [2.24, 2.45) is 0 Å². The molecule has 0 aliphatic heterocycles.